The molecule has 28 heavy (non-hydrogen) atoms. The van der Waals surface area contributed by atoms with E-state index in [2.05, 4.69) is 10.3 Å². The number of hydrogen-bond acceptors (Lipinski definition) is 7. The van der Waals surface area contributed by atoms with Crippen molar-refractivity contribution in [3.05, 3.63) is 51.0 Å². The summed E-state index contributed by atoms with van der Waals surface area (Å²) in [6.45, 7) is 2.26. The van der Waals surface area contributed by atoms with Crippen molar-refractivity contribution in [2.24, 2.45) is 4.99 Å². The molecule has 146 valence electrons. The Morgan fingerprint density at radius 3 is 2.79 bits per heavy atom. The van der Waals surface area contributed by atoms with Gasteiger partial charge in [0.1, 0.15) is 4.92 Å². The molecule has 1 aromatic carbocycles. The van der Waals surface area contributed by atoms with Gasteiger partial charge in [-0.25, -0.2) is 0 Å². The topological polar surface area (TPSA) is 129 Å². The molecule has 2 aromatic heterocycles. The molecule has 3 rings (SSSR count). The number of hydrogen-bond donors (Lipinski definition) is 1. The molecule has 0 spiro atoms. The van der Waals surface area contributed by atoms with Crippen LogP contribution in [0, 0.1) is 10.1 Å². The molecule has 10 nitrogen and oxygen atoms in total. The normalized spacial score (nSPS) is 11.7. The summed E-state index contributed by atoms with van der Waals surface area (Å²) in [6.07, 6.45) is 0. The Balaban J connectivity index is 2.05. The van der Waals surface area contributed by atoms with E-state index in [1.165, 1.54) is 24.3 Å². The minimum Gasteiger partial charge on any atom is -0.395 e. The van der Waals surface area contributed by atoms with Crippen LogP contribution in [-0.4, -0.2) is 35.0 Å². The maximum Gasteiger partial charge on any atom is 0.433 e. The van der Waals surface area contributed by atoms with Gasteiger partial charge in [-0.1, -0.05) is 11.3 Å². The summed E-state index contributed by atoms with van der Waals surface area (Å²) in [5, 5.41) is 13.4. The molecule has 2 amide bonds. The zero-order valence-electron chi connectivity index (χ0n) is 15.0. The van der Waals surface area contributed by atoms with Crippen molar-refractivity contribution in [2.45, 2.75) is 13.5 Å². The molecule has 2 heterocycles. The largest absolute Gasteiger partial charge is 0.433 e. The summed E-state index contributed by atoms with van der Waals surface area (Å²) in [5.41, 5.74) is 1.44. The van der Waals surface area contributed by atoms with E-state index in [0.29, 0.717) is 23.6 Å². The first-order chi connectivity index (χ1) is 13.4. The van der Waals surface area contributed by atoms with Crippen molar-refractivity contribution in [1.29, 1.82) is 0 Å². The second-order valence-electron chi connectivity index (χ2n) is 5.70. The number of nitrogens with zero attached hydrogens (tertiary/aromatic N) is 3. The zero-order valence-corrected chi connectivity index (χ0v) is 15.8. The van der Waals surface area contributed by atoms with Crippen LogP contribution in [0.5, 0.6) is 0 Å². The third kappa shape index (κ3) is 4.15. The minimum absolute atomic E-state index is 0.192. The Morgan fingerprint density at radius 2 is 2.14 bits per heavy atom. The van der Waals surface area contributed by atoms with Gasteiger partial charge in [0.15, 0.2) is 4.80 Å². The third-order valence-corrected chi connectivity index (χ3v) is 4.74. The number of amides is 2. The maximum atomic E-state index is 12.4. The van der Waals surface area contributed by atoms with Gasteiger partial charge in [-0.05, 0) is 24.3 Å². The first-order valence-electron chi connectivity index (χ1n) is 8.12. The minimum atomic E-state index is -0.729. The smallest absolute Gasteiger partial charge is 0.395 e. The van der Waals surface area contributed by atoms with Gasteiger partial charge < -0.3 is 19.0 Å². The molecular weight excluding hydrogens is 388 g/mol. The molecule has 0 saturated carbocycles. The zero-order chi connectivity index (χ0) is 20.3. The lowest BCUT2D eigenvalue weighted by Crippen LogP contribution is -2.19. The van der Waals surface area contributed by atoms with Crippen LogP contribution >= 0.6 is 11.3 Å². The van der Waals surface area contributed by atoms with E-state index in [0.717, 1.165) is 16.3 Å². The van der Waals surface area contributed by atoms with Crippen LogP contribution in [-0.2, 0) is 16.1 Å². The third-order valence-electron chi connectivity index (χ3n) is 3.70. The van der Waals surface area contributed by atoms with Crippen LogP contribution in [0.2, 0.25) is 0 Å². The van der Waals surface area contributed by atoms with Crippen LogP contribution in [0.3, 0.4) is 0 Å². The van der Waals surface area contributed by atoms with E-state index in [-0.39, 0.29) is 11.7 Å². The summed E-state index contributed by atoms with van der Waals surface area (Å²) in [6, 6.07) is 7.67. The van der Waals surface area contributed by atoms with Gasteiger partial charge in [0.25, 0.3) is 0 Å². The Morgan fingerprint density at radius 1 is 1.36 bits per heavy atom. The van der Waals surface area contributed by atoms with Crippen molar-refractivity contribution in [3.8, 4) is 0 Å². The van der Waals surface area contributed by atoms with Crippen molar-refractivity contribution >= 4 is 44.9 Å². The highest BCUT2D eigenvalue weighted by molar-refractivity contribution is 7.16. The molecule has 0 bridgehead atoms. The predicted octanol–water partition coefficient (Wildman–Crippen LogP) is 2.55. The van der Waals surface area contributed by atoms with E-state index < -0.39 is 16.7 Å². The molecule has 0 aliphatic rings. The molecule has 3 aromatic rings. The highest BCUT2D eigenvalue weighted by Gasteiger charge is 2.17. The van der Waals surface area contributed by atoms with Gasteiger partial charge in [-0.2, -0.15) is 4.99 Å². The Labute approximate surface area is 162 Å². The summed E-state index contributed by atoms with van der Waals surface area (Å²) in [4.78, 5) is 38.1. The molecule has 0 fully saturated rings. The number of carbonyl (C=O) groups excluding carboxylic acids is 2. The van der Waals surface area contributed by atoms with Gasteiger partial charge >= 0.3 is 11.8 Å². The standard InChI is InChI=1S/C17H16N4O6S/c1-10(22)18-11-3-4-12-14(9-11)28-17(20(12)7-8-26-2)19-16(23)13-5-6-15(27-13)21(24)25/h3-6,9H,7-8H2,1-2H3,(H,18,22). The Hall–Kier alpha value is -3.31. The number of nitrogens with one attached hydrogen (secondary N) is 1. The van der Waals surface area contributed by atoms with Crippen molar-refractivity contribution in [1.82, 2.24) is 4.57 Å². The van der Waals surface area contributed by atoms with Gasteiger partial charge in [-0.3, -0.25) is 19.7 Å². The van der Waals surface area contributed by atoms with Crippen LogP contribution in [0.4, 0.5) is 11.6 Å². The van der Waals surface area contributed by atoms with Crippen molar-refractivity contribution in [2.75, 3.05) is 19.0 Å². The summed E-state index contributed by atoms with van der Waals surface area (Å²) < 4.78 is 12.6. The fourth-order valence-electron chi connectivity index (χ4n) is 2.52. The number of fused-ring (bicyclic) bond motifs is 1. The van der Waals surface area contributed by atoms with E-state index in [4.69, 9.17) is 9.15 Å². The Kier molecular flexibility index (Phi) is 5.66. The fraction of sp³-hybridized carbons (Fsp3) is 0.235. The highest BCUT2D eigenvalue weighted by Crippen LogP contribution is 2.22. The van der Waals surface area contributed by atoms with E-state index in [1.54, 1.807) is 23.8 Å². The second kappa shape index (κ2) is 8.15. The Bertz CT molecular complexity index is 1130. The van der Waals surface area contributed by atoms with Gasteiger partial charge in [-0.15, -0.1) is 0 Å². The molecule has 0 aliphatic heterocycles. The van der Waals surface area contributed by atoms with E-state index in [1.807, 2.05) is 6.07 Å². The van der Waals surface area contributed by atoms with Crippen LogP contribution in [0.1, 0.15) is 17.5 Å². The molecule has 0 aliphatic carbocycles. The highest BCUT2D eigenvalue weighted by atomic mass is 32.1. The SMILES string of the molecule is COCCn1c(=NC(=O)c2ccc([N+](=O)[O-])o2)sc2cc(NC(C)=O)ccc21. The van der Waals surface area contributed by atoms with E-state index >= 15 is 0 Å². The van der Waals surface area contributed by atoms with E-state index in [9.17, 15) is 19.7 Å². The number of thiazole rings is 1. The number of methoxy groups -OCH3 is 1. The number of aromatic nitrogens is 1. The quantitative estimate of drug-likeness (QED) is 0.496. The predicted molar refractivity (Wildman–Crippen MR) is 101 cm³/mol. The summed E-state index contributed by atoms with van der Waals surface area (Å²) in [7, 11) is 1.56. The number of ether oxygens (including phenoxy) is 1. The number of carbonyl (C=O) groups is 2. The first-order valence-corrected chi connectivity index (χ1v) is 8.94. The first kappa shape index (κ1) is 19.5. The maximum absolute atomic E-state index is 12.4. The monoisotopic (exact) mass is 404 g/mol. The van der Waals surface area contributed by atoms with Crippen LogP contribution in [0.25, 0.3) is 10.2 Å². The molecule has 0 unspecified atom stereocenters. The molecule has 1 N–H and O–H groups in total. The van der Waals surface area contributed by atoms with Crippen molar-refractivity contribution in [3.63, 3.8) is 0 Å². The van der Waals surface area contributed by atoms with Gasteiger partial charge in [0.05, 0.1) is 22.9 Å². The van der Waals surface area contributed by atoms with Crippen LogP contribution in [0.15, 0.2) is 39.7 Å². The lowest BCUT2D eigenvalue weighted by atomic mass is 10.3. The average molecular weight is 404 g/mol. The molecule has 0 atom stereocenters. The van der Waals surface area contributed by atoms with Gasteiger partial charge in [0, 0.05) is 26.3 Å². The molecule has 0 saturated heterocycles. The number of furan rings is 1. The fourth-order valence-corrected chi connectivity index (χ4v) is 3.61. The summed E-state index contributed by atoms with van der Waals surface area (Å²) >= 11 is 1.24. The van der Waals surface area contributed by atoms with Gasteiger partial charge in [0.2, 0.25) is 11.7 Å². The average Bonchev–Trinajstić information content (AvgIpc) is 3.24. The summed E-state index contributed by atoms with van der Waals surface area (Å²) in [5.74, 6) is -1.67. The number of benzene rings is 1. The lowest BCUT2D eigenvalue weighted by Gasteiger charge is -2.05. The number of rotatable bonds is 6. The molecular formula is C17H16N4O6S. The van der Waals surface area contributed by atoms with Crippen molar-refractivity contribution < 1.29 is 23.7 Å². The molecule has 0 radical (unpaired) electrons. The number of nitro groups is 1. The lowest BCUT2D eigenvalue weighted by molar-refractivity contribution is -0.402. The molecule has 11 heteroatoms. The van der Waals surface area contributed by atoms with Crippen LogP contribution < -0.4 is 10.1 Å². The number of anilines is 1. The second-order valence-corrected chi connectivity index (χ2v) is 6.71.